The molecule has 2 heterocycles. The van der Waals surface area contributed by atoms with E-state index in [1.54, 1.807) is 45.9 Å². The number of aryl methyl sites for hydroxylation is 3. The summed E-state index contributed by atoms with van der Waals surface area (Å²) in [6.07, 6.45) is -1.29. The third-order valence-corrected chi connectivity index (χ3v) is 10.2. The van der Waals surface area contributed by atoms with E-state index in [0.717, 1.165) is 43.1 Å². The Morgan fingerprint density at radius 3 is 2.18 bits per heavy atom. The van der Waals surface area contributed by atoms with Crippen LogP contribution in [0.4, 0.5) is 22.0 Å². The highest BCUT2D eigenvalue weighted by atomic mass is 19.4. The Morgan fingerprint density at radius 2 is 1.64 bits per heavy atom. The second kappa shape index (κ2) is 14.3. The van der Waals surface area contributed by atoms with Crippen LogP contribution < -0.4 is 10.9 Å². The number of carboxylic acids is 1. The zero-order valence-electron chi connectivity index (χ0n) is 29.0. The average Bonchev–Trinajstić information content (AvgIpc) is 2.96. The molecule has 1 aliphatic heterocycles. The number of likely N-dealkylation sites (tertiary alicyclic amines) is 1. The van der Waals surface area contributed by atoms with Gasteiger partial charge in [0.15, 0.2) is 0 Å². The van der Waals surface area contributed by atoms with Crippen LogP contribution in [0.2, 0.25) is 0 Å². The van der Waals surface area contributed by atoms with Crippen molar-refractivity contribution in [2.75, 3.05) is 19.6 Å². The monoisotopic (exact) mass is 701 g/mol. The van der Waals surface area contributed by atoms with Crippen molar-refractivity contribution in [3.8, 4) is 11.1 Å². The van der Waals surface area contributed by atoms with Crippen molar-refractivity contribution in [2.24, 2.45) is 11.3 Å². The van der Waals surface area contributed by atoms with Crippen molar-refractivity contribution < 1.29 is 36.6 Å². The van der Waals surface area contributed by atoms with Crippen LogP contribution >= 0.6 is 0 Å². The molecule has 1 aromatic heterocycles. The fourth-order valence-corrected chi connectivity index (χ4v) is 7.62. The van der Waals surface area contributed by atoms with Crippen LogP contribution in [0.25, 0.3) is 11.1 Å². The van der Waals surface area contributed by atoms with Gasteiger partial charge in [0.05, 0.1) is 18.0 Å². The van der Waals surface area contributed by atoms with E-state index < -0.39 is 64.9 Å². The Bertz CT molecular complexity index is 1820. The van der Waals surface area contributed by atoms with E-state index in [0.29, 0.717) is 29.3 Å². The first-order valence-electron chi connectivity index (χ1n) is 17.0. The van der Waals surface area contributed by atoms with Crippen LogP contribution in [-0.2, 0) is 22.2 Å². The van der Waals surface area contributed by atoms with Crippen LogP contribution in [-0.4, -0.2) is 46.1 Å². The Kier molecular flexibility index (Phi) is 10.6. The summed E-state index contributed by atoms with van der Waals surface area (Å²) in [7, 11) is 0. The molecule has 270 valence electrons. The van der Waals surface area contributed by atoms with Crippen molar-refractivity contribution in [3.63, 3.8) is 0 Å². The summed E-state index contributed by atoms with van der Waals surface area (Å²) in [5.74, 6) is -4.71. The molecule has 7 nitrogen and oxygen atoms in total. The number of amides is 1. The van der Waals surface area contributed by atoms with E-state index in [2.05, 4.69) is 10.2 Å². The van der Waals surface area contributed by atoms with E-state index in [1.807, 2.05) is 0 Å². The Hall–Kier alpha value is -4.06. The van der Waals surface area contributed by atoms with Crippen molar-refractivity contribution in [3.05, 3.63) is 91.9 Å². The topological polar surface area (TPSA) is 91.6 Å². The van der Waals surface area contributed by atoms with Crippen LogP contribution in [0.5, 0.6) is 0 Å². The molecular weight excluding hydrogens is 657 g/mol. The van der Waals surface area contributed by atoms with Gasteiger partial charge in [-0.05, 0) is 91.7 Å². The lowest BCUT2D eigenvalue weighted by atomic mass is 9.63. The smallest absolute Gasteiger partial charge is 0.416 e. The summed E-state index contributed by atoms with van der Waals surface area (Å²) in [5.41, 5.74) is -0.719. The van der Waals surface area contributed by atoms with Gasteiger partial charge in [0.2, 0.25) is 5.91 Å². The SMILES string of the molecule is Cc1cc(-c2c(C)cccc2C)c(F)c([C@H](CC(=O)O)NC(=O)C(CC(C)C)n2cc(CCN3CC4(CCC4)C3)c(C(F)(F)F)cc2=O)c1F. The average molecular weight is 702 g/mol. The van der Waals surface area contributed by atoms with Gasteiger partial charge in [-0.3, -0.25) is 14.4 Å². The minimum atomic E-state index is -4.81. The van der Waals surface area contributed by atoms with Gasteiger partial charge in [0.1, 0.15) is 17.7 Å². The zero-order valence-corrected chi connectivity index (χ0v) is 29.0. The Balaban J connectivity index is 1.52. The first-order chi connectivity index (χ1) is 23.4. The number of carboxylic acid groups (broad SMARTS) is 1. The number of hydrogen-bond donors (Lipinski definition) is 2. The van der Waals surface area contributed by atoms with Gasteiger partial charge >= 0.3 is 12.1 Å². The lowest BCUT2D eigenvalue weighted by Gasteiger charge is -2.56. The maximum absolute atomic E-state index is 16.4. The number of carbonyl (C=O) groups excluding carboxylic acids is 1. The highest BCUT2D eigenvalue weighted by molar-refractivity contribution is 5.82. The summed E-state index contributed by atoms with van der Waals surface area (Å²) in [4.78, 5) is 41.5. The first kappa shape index (κ1) is 37.2. The second-order valence-electron chi connectivity index (χ2n) is 14.6. The normalized spacial score (nSPS) is 16.9. The molecule has 1 unspecified atom stereocenters. The molecule has 1 saturated heterocycles. The predicted molar refractivity (Wildman–Crippen MR) is 180 cm³/mol. The molecule has 50 heavy (non-hydrogen) atoms. The predicted octanol–water partition coefficient (Wildman–Crippen LogP) is 7.69. The van der Waals surface area contributed by atoms with Gasteiger partial charge in [-0.15, -0.1) is 0 Å². The van der Waals surface area contributed by atoms with Gasteiger partial charge in [0, 0.05) is 43.0 Å². The molecule has 2 fully saturated rings. The fraction of sp³-hybridized carbons (Fsp3) is 0.500. The van der Waals surface area contributed by atoms with Crippen molar-refractivity contribution in [1.29, 1.82) is 0 Å². The number of rotatable bonds is 12. The summed E-state index contributed by atoms with van der Waals surface area (Å²) >= 11 is 0. The Morgan fingerprint density at radius 1 is 1.00 bits per heavy atom. The third-order valence-electron chi connectivity index (χ3n) is 10.2. The summed E-state index contributed by atoms with van der Waals surface area (Å²) in [5, 5.41) is 12.3. The van der Waals surface area contributed by atoms with Gasteiger partial charge in [0.25, 0.3) is 5.56 Å². The highest BCUT2D eigenvalue weighted by Gasteiger charge is 2.47. The number of alkyl halides is 3. The van der Waals surface area contributed by atoms with Crippen molar-refractivity contribution >= 4 is 11.9 Å². The standard InChI is InChI=1S/C38H44F5N3O4/c1-21(2)14-29(46-18-25(27(16-30(46)47)38(41,42)43)10-13-45-19-37(20-45)11-7-12-37)36(50)44-28(17-31(48)49)33-34(39)24(5)15-26(35(33)40)32-22(3)8-6-9-23(32)4/h6,8-9,15-16,18,21,28-29H,7,10-14,17,19-20H2,1-5H3,(H,44,50)(H,48,49)/t28-,29?/m0/s1. The molecule has 0 radical (unpaired) electrons. The molecule has 0 bridgehead atoms. The Labute approximate surface area is 288 Å². The van der Waals surface area contributed by atoms with Crippen molar-refractivity contribution in [2.45, 2.75) is 91.4 Å². The quantitative estimate of drug-likeness (QED) is 0.189. The molecule has 5 rings (SSSR count). The van der Waals surface area contributed by atoms with Crippen LogP contribution in [0.15, 0.2) is 41.3 Å². The van der Waals surface area contributed by atoms with Crippen LogP contribution in [0.3, 0.4) is 0 Å². The van der Waals surface area contributed by atoms with E-state index in [-0.39, 0.29) is 40.9 Å². The lowest BCUT2D eigenvalue weighted by molar-refractivity contribution is -0.139. The van der Waals surface area contributed by atoms with E-state index >= 15 is 8.78 Å². The molecule has 12 heteroatoms. The number of nitrogens with zero attached hydrogens (tertiary/aromatic N) is 2. The summed E-state index contributed by atoms with van der Waals surface area (Å²) in [6, 6.07) is 4.04. The number of nitrogens with one attached hydrogen (secondary N) is 1. The first-order valence-corrected chi connectivity index (χ1v) is 17.0. The summed E-state index contributed by atoms with van der Waals surface area (Å²) < 4.78 is 75.7. The number of aliphatic carboxylic acids is 1. The third kappa shape index (κ3) is 7.65. The van der Waals surface area contributed by atoms with E-state index in [4.69, 9.17) is 0 Å². The van der Waals surface area contributed by atoms with Gasteiger partial charge in [-0.25, -0.2) is 8.78 Å². The van der Waals surface area contributed by atoms with Gasteiger partial charge in [-0.1, -0.05) is 38.5 Å². The van der Waals surface area contributed by atoms with Crippen molar-refractivity contribution in [1.82, 2.24) is 14.8 Å². The molecule has 1 amide bonds. The molecule has 1 saturated carbocycles. The molecule has 2 N–H and O–H groups in total. The maximum atomic E-state index is 16.4. The molecule has 2 aromatic carbocycles. The minimum absolute atomic E-state index is 0.0102. The maximum Gasteiger partial charge on any atom is 0.416 e. The number of hydrogen-bond acceptors (Lipinski definition) is 4. The second-order valence-corrected chi connectivity index (χ2v) is 14.6. The summed E-state index contributed by atoms with van der Waals surface area (Å²) in [6.45, 7) is 10.4. The lowest BCUT2D eigenvalue weighted by Crippen LogP contribution is -2.59. The number of benzene rings is 2. The van der Waals surface area contributed by atoms with Gasteiger partial charge in [-0.2, -0.15) is 13.2 Å². The van der Waals surface area contributed by atoms with Crippen LogP contribution in [0, 0.1) is 43.7 Å². The molecule has 2 aliphatic rings. The number of carbonyl (C=O) groups is 2. The minimum Gasteiger partial charge on any atom is -0.481 e. The molecule has 3 aromatic rings. The largest absolute Gasteiger partial charge is 0.481 e. The van der Waals surface area contributed by atoms with Crippen LogP contribution in [0.1, 0.15) is 91.4 Å². The molecule has 1 aliphatic carbocycles. The number of aromatic nitrogens is 1. The molecule has 1 spiro atoms. The fourth-order valence-electron chi connectivity index (χ4n) is 7.62. The highest BCUT2D eigenvalue weighted by Crippen LogP contribution is 2.48. The van der Waals surface area contributed by atoms with Gasteiger partial charge < -0.3 is 19.9 Å². The van der Waals surface area contributed by atoms with E-state index in [9.17, 15) is 32.7 Å². The molecular formula is C38H44F5N3O4. The number of halogens is 5. The zero-order chi connectivity index (χ0) is 36.7. The molecule has 2 atom stereocenters. The van der Waals surface area contributed by atoms with E-state index in [1.165, 1.54) is 13.0 Å². The number of pyridine rings is 1.